The number of aliphatic hydroxyl groups excluding tert-OH is 2. The summed E-state index contributed by atoms with van der Waals surface area (Å²) in [7, 11) is 0. The number of nitrogens with zero attached hydrogens (tertiary/aromatic N) is 1. The molecule has 0 radical (unpaired) electrons. The lowest BCUT2D eigenvalue weighted by atomic mass is 10.3. The second kappa shape index (κ2) is 6.21. The van der Waals surface area contributed by atoms with Crippen LogP contribution in [0.5, 0.6) is 0 Å². The molecule has 0 aromatic carbocycles. The van der Waals surface area contributed by atoms with Crippen LogP contribution in [0.1, 0.15) is 16.6 Å². The first-order valence-electron chi connectivity index (χ1n) is 6.35. The van der Waals surface area contributed by atoms with Crippen molar-refractivity contribution < 1.29 is 15.0 Å². The molecule has 8 heteroatoms. The SMILES string of the molecule is CCNC(=O)c1sc(N2CC(O)C(O)C2)c(SC)c1N. The Kier molecular flexibility index (Phi) is 4.79. The largest absolute Gasteiger partial charge is 0.396 e. The van der Waals surface area contributed by atoms with E-state index in [9.17, 15) is 15.0 Å². The van der Waals surface area contributed by atoms with Gasteiger partial charge in [-0.25, -0.2) is 0 Å². The van der Waals surface area contributed by atoms with Crippen molar-refractivity contribution in [2.24, 2.45) is 0 Å². The number of β-amino-alcohol motifs (C(OH)–C–C–N with tert-alkyl or cyclic N) is 2. The lowest BCUT2D eigenvalue weighted by Gasteiger charge is -2.16. The number of thiophene rings is 1. The monoisotopic (exact) mass is 317 g/mol. The first kappa shape index (κ1) is 15.4. The fourth-order valence-corrected chi connectivity index (χ4v) is 4.28. The van der Waals surface area contributed by atoms with Crippen LogP contribution >= 0.6 is 23.1 Å². The number of anilines is 2. The summed E-state index contributed by atoms with van der Waals surface area (Å²) in [5, 5.41) is 22.9. The second-order valence-electron chi connectivity index (χ2n) is 4.58. The molecule has 0 spiro atoms. The Bertz CT molecular complexity index is 496. The number of hydrogen-bond acceptors (Lipinski definition) is 7. The van der Waals surface area contributed by atoms with Crippen LogP contribution in [0.3, 0.4) is 0 Å². The first-order chi connectivity index (χ1) is 9.49. The third-order valence-electron chi connectivity index (χ3n) is 3.18. The van der Waals surface area contributed by atoms with Crippen molar-refractivity contribution in [3.8, 4) is 0 Å². The highest BCUT2D eigenvalue weighted by Crippen LogP contribution is 2.44. The zero-order valence-corrected chi connectivity index (χ0v) is 13.1. The molecule has 2 atom stereocenters. The quantitative estimate of drug-likeness (QED) is 0.598. The average Bonchev–Trinajstić information content (AvgIpc) is 2.90. The van der Waals surface area contributed by atoms with Crippen LogP contribution in [0.15, 0.2) is 4.90 Å². The van der Waals surface area contributed by atoms with Gasteiger partial charge in [0.05, 0.1) is 22.8 Å². The van der Waals surface area contributed by atoms with E-state index in [1.54, 1.807) is 0 Å². The molecular formula is C12H19N3O3S2. The van der Waals surface area contributed by atoms with E-state index in [4.69, 9.17) is 5.73 Å². The minimum absolute atomic E-state index is 0.183. The molecule has 2 heterocycles. The summed E-state index contributed by atoms with van der Waals surface area (Å²) in [5.41, 5.74) is 6.53. The summed E-state index contributed by atoms with van der Waals surface area (Å²) < 4.78 is 0. The van der Waals surface area contributed by atoms with Gasteiger partial charge in [-0.2, -0.15) is 0 Å². The maximum absolute atomic E-state index is 12.0. The molecule has 5 N–H and O–H groups in total. The number of thioether (sulfide) groups is 1. The summed E-state index contributed by atoms with van der Waals surface area (Å²) in [6, 6.07) is 0. The van der Waals surface area contributed by atoms with Gasteiger partial charge in [0, 0.05) is 19.6 Å². The molecule has 0 saturated carbocycles. The van der Waals surface area contributed by atoms with Crippen LogP contribution < -0.4 is 16.0 Å². The van der Waals surface area contributed by atoms with E-state index in [1.807, 2.05) is 18.1 Å². The van der Waals surface area contributed by atoms with E-state index in [2.05, 4.69) is 5.32 Å². The maximum atomic E-state index is 12.0. The van der Waals surface area contributed by atoms with E-state index in [1.165, 1.54) is 23.1 Å². The smallest absolute Gasteiger partial charge is 0.263 e. The topological polar surface area (TPSA) is 98.8 Å². The minimum Gasteiger partial charge on any atom is -0.396 e. The average molecular weight is 317 g/mol. The molecule has 2 unspecified atom stereocenters. The maximum Gasteiger partial charge on any atom is 0.263 e. The molecule has 2 rings (SSSR count). The van der Waals surface area contributed by atoms with Crippen LogP contribution in [0.2, 0.25) is 0 Å². The van der Waals surface area contributed by atoms with Crippen molar-refractivity contribution in [3.63, 3.8) is 0 Å². The molecule has 0 aliphatic carbocycles. The molecule has 0 bridgehead atoms. The van der Waals surface area contributed by atoms with Gasteiger partial charge in [-0.1, -0.05) is 0 Å². The number of amides is 1. The predicted molar refractivity (Wildman–Crippen MR) is 82.7 cm³/mol. The Labute approximate surface area is 126 Å². The van der Waals surface area contributed by atoms with Crippen LogP contribution in [0.4, 0.5) is 10.7 Å². The normalized spacial score (nSPS) is 22.3. The number of rotatable bonds is 4. The highest BCUT2D eigenvalue weighted by molar-refractivity contribution is 7.99. The number of nitrogens with two attached hydrogens (primary N) is 1. The summed E-state index contributed by atoms with van der Waals surface area (Å²) in [6.45, 7) is 3.10. The van der Waals surface area contributed by atoms with Gasteiger partial charge in [0.2, 0.25) is 0 Å². The van der Waals surface area contributed by atoms with Gasteiger partial charge in [0.15, 0.2) is 0 Å². The van der Waals surface area contributed by atoms with E-state index in [0.717, 1.165) is 9.90 Å². The van der Waals surface area contributed by atoms with Gasteiger partial charge >= 0.3 is 0 Å². The third-order valence-corrected chi connectivity index (χ3v) is 5.39. The first-order valence-corrected chi connectivity index (χ1v) is 8.39. The Morgan fingerprint density at radius 2 is 2.10 bits per heavy atom. The number of carbonyl (C=O) groups is 1. The Morgan fingerprint density at radius 3 is 2.60 bits per heavy atom. The highest BCUT2D eigenvalue weighted by Gasteiger charge is 2.33. The van der Waals surface area contributed by atoms with Crippen molar-refractivity contribution >= 4 is 39.7 Å². The van der Waals surface area contributed by atoms with Crippen molar-refractivity contribution in [2.45, 2.75) is 24.0 Å². The van der Waals surface area contributed by atoms with Crippen LogP contribution in [-0.4, -0.2) is 54.2 Å². The minimum atomic E-state index is -0.763. The van der Waals surface area contributed by atoms with Crippen LogP contribution in [0, 0.1) is 0 Å². The van der Waals surface area contributed by atoms with E-state index >= 15 is 0 Å². The van der Waals surface area contributed by atoms with E-state index in [0.29, 0.717) is 30.2 Å². The number of aliphatic hydroxyl groups is 2. The molecule has 1 amide bonds. The molecule has 1 aliphatic heterocycles. The van der Waals surface area contributed by atoms with Crippen molar-refractivity contribution in [2.75, 3.05) is 36.5 Å². The number of nitrogen functional groups attached to an aromatic ring is 1. The van der Waals surface area contributed by atoms with Gasteiger partial charge in [0.1, 0.15) is 9.88 Å². The zero-order chi connectivity index (χ0) is 14.9. The summed E-state index contributed by atoms with van der Waals surface area (Å²) >= 11 is 2.77. The third kappa shape index (κ3) is 2.73. The molecule has 1 aromatic heterocycles. The Balaban J connectivity index is 2.34. The van der Waals surface area contributed by atoms with Gasteiger partial charge in [0.25, 0.3) is 5.91 Å². The number of carbonyl (C=O) groups excluding carboxylic acids is 1. The zero-order valence-electron chi connectivity index (χ0n) is 11.4. The van der Waals surface area contributed by atoms with Gasteiger partial charge in [-0.05, 0) is 13.2 Å². The molecule has 1 aliphatic rings. The standard InChI is InChI=1S/C12H19N3O3S2/c1-3-14-11(18)9-8(13)10(19-2)12(20-9)15-4-6(16)7(17)5-15/h6-7,16-17H,3-5,13H2,1-2H3,(H,14,18). The highest BCUT2D eigenvalue weighted by atomic mass is 32.2. The molecule has 112 valence electrons. The molecule has 20 heavy (non-hydrogen) atoms. The van der Waals surface area contributed by atoms with Gasteiger partial charge < -0.3 is 26.2 Å². The molecule has 1 saturated heterocycles. The van der Waals surface area contributed by atoms with Crippen LogP contribution in [-0.2, 0) is 0 Å². The second-order valence-corrected chi connectivity index (χ2v) is 6.40. The molecule has 1 fully saturated rings. The fraction of sp³-hybridized carbons (Fsp3) is 0.583. The van der Waals surface area contributed by atoms with Crippen molar-refractivity contribution in [1.82, 2.24) is 5.32 Å². The summed E-state index contributed by atoms with van der Waals surface area (Å²) in [4.78, 5) is 15.2. The lowest BCUT2D eigenvalue weighted by molar-refractivity contribution is 0.0572. The van der Waals surface area contributed by atoms with Crippen molar-refractivity contribution in [3.05, 3.63) is 4.88 Å². The Hall–Kier alpha value is -0.960. The summed E-state index contributed by atoms with van der Waals surface area (Å²) in [6.07, 6.45) is 0.369. The lowest BCUT2D eigenvalue weighted by Crippen LogP contribution is -2.22. The Morgan fingerprint density at radius 1 is 1.50 bits per heavy atom. The van der Waals surface area contributed by atoms with Gasteiger partial charge in [-0.3, -0.25) is 4.79 Å². The fourth-order valence-electron chi connectivity index (χ4n) is 2.17. The summed E-state index contributed by atoms with van der Waals surface area (Å²) in [5.74, 6) is -0.183. The number of nitrogens with one attached hydrogen (secondary N) is 1. The number of hydrogen-bond donors (Lipinski definition) is 4. The predicted octanol–water partition coefficient (Wildman–Crippen LogP) is 0.344. The molecule has 6 nitrogen and oxygen atoms in total. The molecule has 1 aromatic rings. The van der Waals surface area contributed by atoms with Crippen molar-refractivity contribution in [1.29, 1.82) is 0 Å². The molecular weight excluding hydrogens is 298 g/mol. The van der Waals surface area contributed by atoms with Gasteiger partial charge in [-0.15, -0.1) is 23.1 Å². The van der Waals surface area contributed by atoms with E-state index < -0.39 is 12.2 Å². The van der Waals surface area contributed by atoms with E-state index in [-0.39, 0.29) is 5.91 Å². The van der Waals surface area contributed by atoms with Crippen LogP contribution in [0.25, 0.3) is 0 Å².